The van der Waals surface area contributed by atoms with Gasteiger partial charge in [-0.1, -0.05) is 18.7 Å². The summed E-state index contributed by atoms with van der Waals surface area (Å²) in [4.78, 5) is 21.5. The predicted molar refractivity (Wildman–Crippen MR) is 139 cm³/mol. The van der Waals surface area contributed by atoms with Crippen LogP contribution in [0.5, 0.6) is 0 Å². The normalized spacial score (nSPS) is 23.2. The molecule has 1 saturated carbocycles. The first-order chi connectivity index (χ1) is 17.4. The topological polar surface area (TPSA) is 78.1 Å². The number of carbonyl (C=O) groups excluding carboxylic acids is 1. The molecule has 0 atom stereocenters. The van der Waals surface area contributed by atoms with Gasteiger partial charge in [0.2, 0.25) is 5.91 Å². The highest BCUT2D eigenvalue weighted by Gasteiger charge is 2.50. The van der Waals surface area contributed by atoms with Gasteiger partial charge in [-0.05, 0) is 55.7 Å². The van der Waals surface area contributed by atoms with Crippen molar-refractivity contribution < 1.29 is 4.79 Å². The summed E-state index contributed by atoms with van der Waals surface area (Å²) < 4.78 is 1.94. The van der Waals surface area contributed by atoms with Crippen LogP contribution in [0.15, 0.2) is 31.0 Å². The van der Waals surface area contributed by atoms with Crippen molar-refractivity contribution in [1.82, 2.24) is 19.7 Å². The maximum atomic E-state index is 12.1. The molecule has 2 bridgehead atoms. The van der Waals surface area contributed by atoms with Crippen molar-refractivity contribution in [1.29, 1.82) is 5.26 Å². The van der Waals surface area contributed by atoms with Crippen LogP contribution in [0.3, 0.4) is 0 Å². The number of aryl methyl sites for hydroxylation is 2. The van der Waals surface area contributed by atoms with Gasteiger partial charge in [0, 0.05) is 66.8 Å². The van der Waals surface area contributed by atoms with E-state index in [0.29, 0.717) is 17.4 Å². The van der Waals surface area contributed by atoms with Crippen molar-refractivity contribution in [2.24, 2.45) is 18.4 Å². The number of hydrogen-bond acceptors (Lipinski definition) is 5. The fourth-order valence-electron chi connectivity index (χ4n) is 7.30. The number of nitrogens with zero attached hydrogens (tertiary/aromatic N) is 6. The number of aromatic nitrogens is 3. The molecule has 8 rings (SSSR count). The highest BCUT2D eigenvalue weighted by atomic mass is 16.2. The van der Waals surface area contributed by atoms with Gasteiger partial charge in [0.05, 0.1) is 11.7 Å². The Labute approximate surface area is 211 Å². The van der Waals surface area contributed by atoms with E-state index >= 15 is 0 Å². The molecule has 3 aliphatic carbocycles. The first-order valence-electron chi connectivity index (χ1n) is 13.0. The third-order valence-corrected chi connectivity index (χ3v) is 9.18. The number of anilines is 1. The monoisotopic (exact) mass is 478 g/mol. The molecule has 2 saturated heterocycles. The molecule has 3 aromatic rings. The van der Waals surface area contributed by atoms with Gasteiger partial charge in [-0.25, -0.2) is 4.98 Å². The van der Waals surface area contributed by atoms with Gasteiger partial charge in [0.1, 0.15) is 17.5 Å². The molecule has 0 unspecified atom stereocenters. The molecule has 1 spiro atoms. The van der Waals surface area contributed by atoms with Crippen molar-refractivity contribution >= 4 is 22.6 Å². The highest BCUT2D eigenvalue weighted by Crippen LogP contribution is 2.54. The van der Waals surface area contributed by atoms with E-state index in [0.717, 1.165) is 72.4 Å². The quantitative estimate of drug-likeness (QED) is 0.530. The maximum absolute atomic E-state index is 12.1. The zero-order valence-corrected chi connectivity index (χ0v) is 20.9. The Bertz CT molecular complexity index is 1500. The highest BCUT2D eigenvalue weighted by molar-refractivity contribution is 5.99. The Morgan fingerprint density at radius 3 is 2.81 bits per heavy atom. The first-order valence-corrected chi connectivity index (χ1v) is 13.0. The molecule has 5 aliphatic rings. The Morgan fingerprint density at radius 1 is 1.25 bits per heavy atom. The van der Waals surface area contributed by atoms with Gasteiger partial charge in [0.25, 0.3) is 0 Å². The van der Waals surface area contributed by atoms with Crippen LogP contribution < -0.4 is 4.90 Å². The fraction of sp³-hybridized carbons (Fsp3) is 0.448. The number of likely N-dealkylation sites (tertiary alicyclic amines) is 1. The second-order valence-corrected chi connectivity index (χ2v) is 11.4. The molecule has 36 heavy (non-hydrogen) atoms. The van der Waals surface area contributed by atoms with Crippen molar-refractivity contribution in [2.45, 2.75) is 38.5 Å². The molecule has 1 aromatic carbocycles. The summed E-state index contributed by atoms with van der Waals surface area (Å²) in [6.45, 7) is 8.97. The average molecular weight is 479 g/mol. The zero-order chi connectivity index (χ0) is 24.8. The van der Waals surface area contributed by atoms with E-state index in [4.69, 9.17) is 4.98 Å². The van der Waals surface area contributed by atoms with E-state index in [-0.39, 0.29) is 11.3 Å². The van der Waals surface area contributed by atoms with E-state index < -0.39 is 0 Å². The Morgan fingerprint density at radius 2 is 2.06 bits per heavy atom. The summed E-state index contributed by atoms with van der Waals surface area (Å²) >= 11 is 0. The number of carbonyl (C=O) groups is 1. The van der Waals surface area contributed by atoms with Gasteiger partial charge in [-0.2, -0.15) is 10.4 Å². The van der Waals surface area contributed by atoms with Crippen LogP contribution in [0.2, 0.25) is 0 Å². The smallest absolute Gasteiger partial charge is 0.245 e. The van der Waals surface area contributed by atoms with Gasteiger partial charge in [-0.15, -0.1) is 0 Å². The Kier molecular flexibility index (Phi) is 4.46. The maximum Gasteiger partial charge on any atom is 0.245 e. The average Bonchev–Trinajstić information content (AvgIpc) is 3.45. The largest absolute Gasteiger partial charge is 0.355 e. The predicted octanol–water partition coefficient (Wildman–Crippen LogP) is 4.09. The third-order valence-electron chi connectivity index (χ3n) is 9.18. The van der Waals surface area contributed by atoms with Crippen molar-refractivity contribution in [2.75, 3.05) is 31.1 Å². The van der Waals surface area contributed by atoms with Crippen LogP contribution in [0.4, 0.5) is 5.82 Å². The Hall–Kier alpha value is -3.66. The van der Waals surface area contributed by atoms with Gasteiger partial charge >= 0.3 is 0 Å². The number of rotatable bonds is 3. The summed E-state index contributed by atoms with van der Waals surface area (Å²) in [6, 6.07) is 6.89. The van der Waals surface area contributed by atoms with Crippen LogP contribution in [0.1, 0.15) is 47.6 Å². The molecule has 2 aliphatic heterocycles. The lowest BCUT2D eigenvalue weighted by Crippen LogP contribution is -2.59. The fourth-order valence-corrected chi connectivity index (χ4v) is 7.30. The molecule has 1 amide bonds. The molecule has 2 aromatic heterocycles. The summed E-state index contributed by atoms with van der Waals surface area (Å²) in [5.41, 5.74) is 7.72. The lowest BCUT2D eigenvalue weighted by atomic mass is 9.63. The van der Waals surface area contributed by atoms with Crippen molar-refractivity contribution in [3.63, 3.8) is 0 Å². The van der Waals surface area contributed by atoms with E-state index in [1.807, 2.05) is 22.8 Å². The van der Waals surface area contributed by atoms with Crippen molar-refractivity contribution in [3.05, 3.63) is 53.4 Å². The molecule has 7 nitrogen and oxygen atoms in total. The van der Waals surface area contributed by atoms with Gasteiger partial charge < -0.3 is 9.80 Å². The van der Waals surface area contributed by atoms with Crippen molar-refractivity contribution in [3.8, 4) is 17.2 Å². The molecule has 3 fully saturated rings. The minimum absolute atomic E-state index is 0.00488. The van der Waals surface area contributed by atoms with Crippen LogP contribution in [0, 0.1) is 29.6 Å². The van der Waals surface area contributed by atoms with E-state index in [1.165, 1.54) is 30.2 Å². The molecular weight excluding hydrogens is 448 g/mol. The SMILES string of the molecule is C=CC(=O)N1CC2(CCN(c3nc4c(c(-c5c(C)ccc6cnn(C)c56)c3C#N)C[C@H]3C[C@@H]4C3)C2)C1. The second-order valence-electron chi connectivity index (χ2n) is 11.4. The third kappa shape index (κ3) is 2.87. The van der Waals surface area contributed by atoms with E-state index in [2.05, 4.69) is 41.7 Å². The number of pyridine rings is 1. The standard InChI is InChI=1S/C29H30N6O/c1-4-23(36)35-15-29(16-35)7-8-34(14-29)28-22(12-30)25(21-11-18-9-20(10-18)26(21)32-28)24-17(2)5-6-19-13-31-33(3)27(19)24/h4-6,13,18,20H,1,7-11,14-16H2,2-3H3/t18-,20+. The number of amides is 1. The molecule has 4 heterocycles. The van der Waals surface area contributed by atoms with Crippen LogP contribution >= 0.6 is 0 Å². The number of benzene rings is 1. The zero-order valence-electron chi connectivity index (χ0n) is 20.9. The lowest BCUT2D eigenvalue weighted by molar-refractivity contribution is -0.136. The minimum atomic E-state index is 0.00488. The number of fused-ring (bicyclic) bond motifs is 1. The number of hydrogen-bond donors (Lipinski definition) is 0. The second kappa shape index (κ2) is 7.42. The summed E-state index contributed by atoms with van der Waals surface area (Å²) in [5, 5.41) is 16.3. The molecule has 0 N–H and O–H groups in total. The van der Waals surface area contributed by atoms with E-state index in [9.17, 15) is 10.1 Å². The minimum Gasteiger partial charge on any atom is -0.355 e. The summed E-state index contributed by atoms with van der Waals surface area (Å²) in [7, 11) is 1.99. The molecule has 0 radical (unpaired) electrons. The van der Waals surface area contributed by atoms with Crippen LogP contribution in [0.25, 0.3) is 22.0 Å². The molecule has 7 heteroatoms. The van der Waals surface area contributed by atoms with Crippen LogP contribution in [-0.2, 0) is 18.3 Å². The Balaban J connectivity index is 1.39. The molecular formula is C29H30N6O. The molecule has 182 valence electrons. The van der Waals surface area contributed by atoms with Gasteiger partial charge in [-0.3, -0.25) is 9.48 Å². The van der Waals surface area contributed by atoms with Gasteiger partial charge in [0.15, 0.2) is 0 Å². The number of nitriles is 1. The lowest BCUT2D eigenvalue weighted by Gasteiger charge is -2.47. The summed E-state index contributed by atoms with van der Waals surface area (Å²) in [5.74, 6) is 2.03. The summed E-state index contributed by atoms with van der Waals surface area (Å²) in [6.07, 6.45) is 7.74. The van der Waals surface area contributed by atoms with E-state index in [1.54, 1.807) is 0 Å². The first kappa shape index (κ1) is 21.6. The van der Waals surface area contributed by atoms with Crippen LogP contribution in [-0.4, -0.2) is 51.8 Å².